The van der Waals surface area contributed by atoms with Crippen LogP contribution >= 0.6 is 0 Å². The topological polar surface area (TPSA) is 167 Å². The fraction of sp³-hybridized carbons (Fsp3) is 0.405. The molecular weight excluding hydrogens is 692 g/mol. The number of aliphatic hydroxyl groups is 1. The Balaban J connectivity index is 1.36. The van der Waals surface area contributed by atoms with Gasteiger partial charge in [0, 0.05) is 50.1 Å². The Bertz CT molecular complexity index is 2080. The molecule has 1 aliphatic heterocycles. The highest BCUT2D eigenvalue weighted by molar-refractivity contribution is 6.27. The summed E-state index contributed by atoms with van der Waals surface area (Å²) in [5, 5.41) is 17.7. The van der Waals surface area contributed by atoms with E-state index in [1.165, 1.54) is 33.5 Å². The van der Waals surface area contributed by atoms with Crippen molar-refractivity contribution < 1.29 is 48.0 Å². The molecule has 3 unspecified atom stereocenters. The van der Waals surface area contributed by atoms with Gasteiger partial charge in [-0.15, -0.1) is 0 Å². The molecule has 0 bridgehead atoms. The highest BCUT2D eigenvalue weighted by atomic mass is 16.6. The maximum Gasteiger partial charge on any atom is 0.253 e. The Labute approximate surface area is 313 Å². The van der Waals surface area contributed by atoms with Gasteiger partial charge in [-0.25, -0.2) is 0 Å². The SMILES string of the molecule is CO[C@@H]1[C@@H](O)[C@@H](OC)C(Nc2c(C(=O)NCCCc3ccccc3)c(C)cc3c2C2C(=O)c4cc5c(cc4C(=O)C2(OC)CC3)C(=O)C=CC5=O)O[C@H]1C. The van der Waals surface area contributed by atoms with E-state index in [0.29, 0.717) is 30.5 Å². The molecule has 1 amide bonds. The van der Waals surface area contributed by atoms with Gasteiger partial charge in [0.15, 0.2) is 29.4 Å². The number of allylic oxidation sites excluding steroid dienone is 2. The molecule has 3 aromatic carbocycles. The van der Waals surface area contributed by atoms with Crippen molar-refractivity contribution in [2.45, 2.75) is 81.7 Å². The normalized spacial score (nSPS) is 27.1. The number of anilines is 1. The Kier molecular flexibility index (Phi) is 10.2. The number of hydrogen-bond donors (Lipinski definition) is 3. The maximum absolute atomic E-state index is 15.0. The first-order valence-electron chi connectivity index (χ1n) is 18.2. The number of ketones is 4. The van der Waals surface area contributed by atoms with E-state index in [4.69, 9.17) is 18.9 Å². The molecule has 0 saturated carbocycles. The summed E-state index contributed by atoms with van der Waals surface area (Å²) in [5.41, 5.74) is 1.73. The predicted octanol–water partition coefficient (Wildman–Crippen LogP) is 4.33. The molecule has 3 aromatic rings. The number of ether oxygens (including phenoxy) is 4. The third kappa shape index (κ3) is 6.11. The minimum absolute atomic E-state index is 0.00479. The standard InChI is InChI=1S/C42H44N2O10/c1-21-18-24-15-16-42(53-5)33(35(47)27-19-25-26(20-28(27)39(42)49)30(46)14-13-29(25)45)32(24)34(44-41-38(52-4)36(48)37(51-3)22(2)54-41)31(21)40(50)43-17-9-12-23-10-7-6-8-11-23/h6-8,10-11,13-14,18-20,22,33,36-38,41,44,48H,9,12,15-17H2,1-5H3,(H,43,50)/t22-,33?,36+,37-,38+,41?,42?/m0/s1. The number of Topliss-reactive ketones (excluding diaryl/α,β-unsaturated/α-hetero) is 2. The quantitative estimate of drug-likeness (QED) is 0.254. The first-order chi connectivity index (χ1) is 25.9. The van der Waals surface area contributed by atoms with Crippen LogP contribution in [0.4, 0.5) is 5.69 Å². The number of methoxy groups -OCH3 is 3. The molecule has 7 rings (SSSR count). The zero-order valence-corrected chi connectivity index (χ0v) is 30.9. The number of aryl methyl sites for hydroxylation is 3. The van der Waals surface area contributed by atoms with E-state index in [2.05, 4.69) is 10.6 Å². The van der Waals surface area contributed by atoms with Crippen molar-refractivity contribution in [1.82, 2.24) is 5.32 Å². The Morgan fingerprint density at radius 1 is 0.926 bits per heavy atom. The van der Waals surface area contributed by atoms with Crippen molar-refractivity contribution in [3.63, 3.8) is 0 Å². The number of carbonyl (C=O) groups is 5. The number of rotatable bonds is 10. The van der Waals surface area contributed by atoms with Crippen LogP contribution in [0, 0.1) is 6.92 Å². The smallest absolute Gasteiger partial charge is 0.253 e. The van der Waals surface area contributed by atoms with Crippen LogP contribution in [0.2, 0.25) is 0 Å². The molecular formula is C42H44N2O10. The van der Waals surface area contributed by atoms with E-state index < -0.39 is 71.2 Å². The largest absolute Gasteiger partial charge is 0.387 e. The molecule has 4 aliphatic rings. The lowest BCUT2D eigenvalue weighted by atomic mass is 9.60. The molecule has 54 heavy (non-hydrogen) atoms. The van der Waals surface area contributed by atoms with Crippen molar-refractivity contribution in [3.8, 4) is 0 Å². The minimum Gasteiger partial charge on any atom is -0.387 e. The molecule has 0 spiro atoms. The third-order valence-corrected chi connectivity index (χ3v) is 11.4. The molecule has 0 radical (unpaired) electrons. The Morgan fingerprint density at radius 3 is 2.24 bits per heavy atom. The van der Waals surface area contributed by atoms with Gasteiger partial charge < -0.3 is 34.7 Å². The highest BCUT2D eigenvalue weighted by Gasteiger charge is 2.59. The monoisotopic (exact) mass is 736 g/mol. The fourth-order valence-electron chi connectivity index (χ4n) is 8.70. The summed E-state index contributed by atoms with van der Waals surface area (Å²) in [6, 6.07) is 14.5. The van der Waals surface area contributed by atoms with Crippen molar-refractivity contribution in [1.29, 1.82) is 0 Å². The zero-order chi connectivity index (χ0) is 38.5. The molecule has 3 N–H and O–H groups in total. The Morgan fingerprint density at radius 2 is 1.59 bits per heavy atom. The average Bonchev–Trinajstić information content (AvgIpc) is 3.16. The van der Waals surface area contributed by atoms with Crippen LogP contribution in [-0.2, 0) is 31.8 Å². The molecule has 12 nitrogen and oxygen atoms in total. The molecule has 282 valence electrons. The first kappa shape index (κ1) is 37.5. The average molecular weight is 737 g/mol. The molecule has 1 heterocycles. The van der Waals surface area contributed by atoms with E-state index in [0.717, 1.165) is 29.7 Å². The molecule has 0 aromatic heterocycles. The summed E-state index contributed by atoms with van der Waals surface area (Å²) in [7, 11) is 4.27. The van der Waals surface area contributed by atoms with Gasteiger partial charge in [-0.2, -0.15) is 0 Å². The van der Waals surface area contributed by atoms with Gasteiger partial charge >= 0.3 is 0 Å². The van der Waals surface area contributed by atoms with E-state index in [-0.39, 0.29) is 39.9 Å². The van der Waals surface area contributed by atoms with Gasteiger partial charge in [-0.1, -0.05) is 36.4 Å². The predicted molar refractivity (Wildman–Crippen MR) is 198 cm³/mol. The maximum atomic E-state index is 15.0. The van der Waals surface area contributed by atoms with E-state index in [1.807, 2.05) is 43.3 Å². The molecule has 12 heteroatoms. The van der Waals surface area contributed by atoms with Gasteiger partial charge in [0.1, 0.15) is 23.9 Å². The van der Waals surface area contributed by atoms with Crippen LogP contribution in [0.5, 0.6) is 0 Å². The number of amides is 1. The highest BCUT2D eigenvalue weighted by Crippen LogP contribution is 2.53. The van der Waals surface area contributed by atoms with Crippen molar-refractivity contribution in [2.24, 2.45) is 0 Å². The third-order valence-electron chi connectivity index (χ3n) is 11.4. The lowest BCUT2D eigenvalue weighted by Gasteiger charge is -2.47. The number of aliphatic hydroxyl groups excluding tert-OH is 1. The minimum atomic E-state index is -1.69. The van der Waals surface area contributed by atoms with Crippen LogP contribution in [0.3, 0.4) is 0 Å². The van der Waals surface area contributed by atoms with Gasteiger partial charge in [0.25, 0.3) is 5.91 Å². The number of nitrogens with one attached hydrogen (secondary N) is 2. The second-order valence-electron chi connectivity index (χ2n) is 14.4. The first-order valence-corrected chi connectivity index (χ1v) is 18.2. The van der Waals surface area contributed by atoms with Crippen LogP contribution in [-0.4, -0.2) is 98.3 Å². The van der Waals surface area contributed by atoms with Crippen molar-refractivity contribution in [2.75, 3.05) is 33.2 Å². The number of hydrogen-bond acceptors (Lipinski definition) is 11. The molecule has 1 saturated heterocycles. The summed E-state index contributed by atoms with van der Waals surface area (Å²) >= 11 is 0. The Hall–Kier alpha value is -4.85. The van der Waals surface area contributed by atoms with Gasteiger partial charge in [0.2, 0.25) is 0 Å². The van der Waals surface area contributed by atoms with E-state index in [1.54, 1.807) is 6.92 Å². The second-order valence-corrected chi connectivity index (χ2v) is 14.4. The lowest BCUT2D eigenvalue weighted by Crippen LogP contribution is -2.60. The van der Waals surface area contributed by atoms with Crippen LogP contribution in [0.15, 0.2) is 60.7 Å². The van der Waals surface area contributed by atoms with Gasteiger partial charge in [-0.05, 0) is 86.1 Å². The molecule has 3 aliphatic carbocycles. The van der Waals surface area contributed by atoms with Crippen LogP contribution < -0.4 is 10.6 Å². The second kappa shape index (κ2) is 14.8. The molecule has 1 fully saturated rings. The summed E-state index contributed by atoms with van der Waals surface area (Å²) in [6.45, 7) is 3.92. The van der Waals surface area contributed by atoms with Crippen LogP contribution in [0.25, 0.3) is 0 Å². The van der Waals surface area contributed by atoms with Gasteiger partial charge in [0.05, 0.1) is 23.3 Å². The number of fused-ring (bicyclic) bond motifs is 5. The summed E-state index contributed by atoms with van der Waals surface area (Å²) in [6.07, 6.45) is -0.246. The van der Waals surface area contributed by atoms with Crippen molar-refractivity contribution in [3.05, 3.63) is 111 Å². The van der Waals surface area contributed by atoms with Gasteiger partial charge in [-0.3, -0.25) is 24.0 Å². The van der Waals surface area contributed by atoms with Crippen molar-refractivity contribution >= 4 is 34.7 Å². The summed E-state index contributed by atoms with van der Waals surface area (Å²) < 4.78 is 23.7. The van der Waals surface area contributed by atoms with Crippen LogP contribution in [0.1, 0.15) is 99.7 Å². The zero-order valence-electron chi connectivity index (χ0n) is 30.9. The van der Waals surface area contributed by atoms with E-state index in [9.17, 15) is 29.1 Å². The molecule has 7 atom stereocenters. The fourth-order valence-corrected chi connectivity index (χ4v) is 8.70. The lowest BCUT2D eigenvalue weighted by molar-refractivity contribution is -0.223. The summed E-state index contributed by atoms with van der Waals surface area (Å²) in [5.74, 6) is -3.54. The number of benzene rings is 3. The van der Waals surface area contributed by atoms with E-state index >= 15 is 0 Å². The number of carbonyl (C=O) groups excluding carboxylic acids is 5. The summed E-state index contributed by atoms with van der Waals surface area (Å²) in [4.78, 5) is 69.7.